The van der Waals surface area contributed by atoms with Crippen LogP contribution in [0.1, 0.15) is 0 Å². The van der Waals surface area contributed by atoms with Gasteiger partial charge in [0.1, 0.15) is 11.6 Å². The highest BCUT2D eigenvalue weighted by atomic mass is 15.2. The summed E-state index contributed by atoms with van der Waals surface area (Å²) in [6.07, 6.45) is 0. The monoisotopic (exact) mass is 1120 g/mol. The zero-order chi connectivity index (χ0) is 57.6. The van der Waals surface area contributed by atoms with Crippen LogP contribution in [-0.2, 0) is 0 Å². The first kappa shape index (κ1) is 48.4. The van der Waals surface area contributed by atoms with Crippen molar-refractivity contribution in [1.29, 1.82) is 0 Å². The van der Waals surface area contributed by atoms with E-state index in [-0.39, 0.29) is 0 Å². The Morgan fingerprint density at radius 3 is 0.659 bits per heavy atom. The Bertz CT molecular complexity index is 5250. The number of fused-ring (bicyclic) bond motifs is 14. The molecule has 0 aliphatic carbocycles. The standard InChI is InChI=1S/C80H50N8/c1-11-36-63-53(26-1)54-27-2-12-37-64(54)83(63)73-46-22-47-74(84-65-38-13-3-28-55(65)56-29-4-14-39-66(56)84)77(73)87-71-44-19-9-34-61(71)81-79(87)51-24-21-25-52(50-51)80-82-62-35-10-20-45-72(62)88(80)78-75(85-67-40-15-5-30-57(67)58-31-6-16-41-68(58)85)48-23-49-76(78)86-69-42-17-7-32-59(69)60-33-8-18-43-70(60)86/h1-50H. The third-order valence-electron chi connectivity index (χ3n) is 18.2. The van der Waals surface area contributed by atoms with Crippen molar-refractivity contribution in [2.24, 2.45) is 0 Å². The molecule has 0 unspecified atom stereocenters. The van der Waals surface area contributed by atoms with Gasteiger partial charge in [0, 0.05) is 54.2 Å². The van der Waals surface area contributed by atoms with Crippen LogP contribution in [0.4, 0.5) is 0 Å². The summed E-state index contributed by atoms with van der Waals surface area (Å²) < 4.78 is 14.7. The van der Waals surface area contributed by atoms with Gasteiger partial charge >= 0.3 is 0 Å². The van der Waals surface area contributed by atoms with Gasteiger partial charge in [0.2, 0.25) is 0 Å². The minimum Gasteiger partial charge on any atom is -0.307 e. The Labute approximate surface area is 504 Å². The molecule has 19 rings (SSSR count). The topological polar surface area (TPSA) is 55.4 Å². The number of hydrogen-bond acceptors (Lipinski definition) is 2. The van der Waals surface area contributed by atoms with Crippen molar-refractivity contribution in [3.8, 4) is 56.9 Å². The van der Waals surface area contributed by atoms with Crippen molar-refractivity contribution in [3.05, 3.63) is 303 Å². The first-order valence-electron chi connectivity index (χ1n) is 30.0. The molecule has 6 heterocycles. The van der Waals surface area contributed by atoms with Crippen LogP contribution in [-0.4, -0.2) is 37.4 Å². The second-order valence-corrected chi connectivity index (χ2v) is 22.9. The van der Waals surface area contributed by atoms with Crippen molar-refractivity contribution >= 4 is 109 Å². The molecule has 8 nitrogen and oxygen atoms in total. The van der Waals surface area contributed by atoms with Crippen molar-refractivity contribution in [2.75, 3.05) is 0 Å². The van der Waals surface area contributed by atoms with E-state index in [4.69, 9.17) is 9.97 Å². The van der Waals surface area contributed by atoms with Gasteiger partial charge in [-0.3, -0.25) is 9.13 Å². The molecule has 0 saturated carbocycles. The van der Waals surface area contributed by atoms with Crippen LogP contribution in [0.15, 0.2) is 303 Å². The smallest absolute Gasteiger partial charge is 0.145 e. The average Bonchev–Trinajstić information content (AvgIpc) is 1.65. The Kier molecular flexibility index (Phi) is 10.3. The molecule has 0 amide bonds. The Balaban J connectivity index is 0.914. The Morgan fingerprint density at radius 2 is 0.398 bits per heavy atom. The quantitative estimate of drug-likeness (QED) is 0.152. The molecule has 0 spiro atoms. The fraction of sp³-hybridized carbons (Fsp3) is 0. The molecule has 13 aromatic carbocycles. The number of nitrogens with zero attached hydrogens (tertiary/aromatic N) is 8. The van der Waals surface area contributed by atoms with Gasteiger partial charge < -0.3 is 18.3 Å². The number of benzene rings is 13. The van der Waals surface area contributed by atoms with Gasteiger partial charge in [0.15, 0.2) is 0 Å². The first-order valence-corrected chi connectivity index (χ1v) is 30.0. The fourth-order valence-corrected chi connectivity index (χ4v) is 14.6. The van der Waals surface area contributed by atoms with Crippen molar-refractivity contribution in [2.45, 2.75) is 0 Å². The number of para-hydroxylation sites is 14. The van der Waals surface area contributed by atoms with Crippen LogP contribution in [0, 0.1) is 0 Å². The fourth-order valence-electron chi connectivity index (χ4n) is 14.6. The van der Waals surface area contributed by atoms with E-state index in [2.05, 4.69) is 331 Å². The maximum Gasteiger partial charge on any atom is 0.145 e. The lowest BCUT2D eigenvalue weighted by Gasteiger charge is -2.23. The summed E-state index contributed by atoms with van der Waals surface area (Å²) in [5.74, 6) is 1.61. The minimum atomic E-state index is 0.803. The average molecular weight is 1120 g/mol. The van der Waals surface area contributed by atoms with Crippen molar-refractivity contribution < 1.29 is 0 Å². The highest BCUT2D eigenvalue weighted by molar-refractivity contribution is 6.14. The van der Waals surface area contributed by atoms with E-state index in [0.717, 1.165) is 123 Å². The van der Waals surface area contributed by atoms with Crippen LogP contribution >= 0.6 is 0 Å². The van der Waals surface area contributed by atoms with Crippen LogP contribution in [0.25, 0.3) is 166 Å². The van der Waals surface area contributed by atoms with Crippen LogP contribution < -0.4 is 0 Å². The van der Waals surface area contributed by atoms with Gasteiger partial charge in [-0.25, -0.2) is 9.97 Å². The minimum absolute atomic E-state index is 0.803. The normalized spacial score (nSPS) is 12.1. The second kappa shape index (κ2) is 18.7. The van der Waals surface area contributed by atoms with Gasteiger partial charge in [0.05, 0.1) is 100 Å². The zero-order valence-electron chi connectivity index (χ0n) is 47.4. The summed E-state index contributed by atoms with van der Waals surface area (Å²) in [4.78, 5) is 11.5. The van der Waals surface area contributed by atoms with Crippen LogP contribution in [0.3, 0.4) is 0 Å². The molecule has 0 saturated heterocycles. The second-order valence-electron chi connectivity index (χ2n) is 22.9. The van der Waals surface area contributed by atoms with Gasteiger partial charge in [-0.2, -0.15) is 0 Å². The van der Waals surface area contributed by atoms with Gasteiger partial charge in [-0.15, -0.1) is 0 Å². The number of imidazole rings is 2. The predicted octanol–water partition coefficient (Wildman–Crippen LogP) is 20.1. The zero-order valence-corrected chi connectivity index (χ0v) is 47.4. The van der Waals surface area contributed by atoms with E-state index in [1.807, 2.05) is 0 Å². The van der Waals surface area contributed by atoms with Crippen molar-refractivity contribution in [1.82, 2.24) is 37.4 Å². The summed E-state index contributed by atoms with van der Waals surface area (Å²) in [5.41, 5.74) is 20.7. The third kappa shape index (κ3) is 6.85. The van der Waals surface area contributed by atoms with E-state index in [1.165, 1.54) is 43.1 Å². The highest BCUT2D eigenvalue weighted by Gasteiger charge is 2.29. The maximum absolute atomic E-state index is 5.73. The maximum atomic E-state index is 5.73. The highest BCUT2D eigenvalue weighted by Crippen LogP contribution is 2.46. The molecule has 0 aliphatic rings. The third-order valence-corrected chi connectivity index (χ3v) is 18.2. The van der Waals surface area contributed by atoms with Crippen molar-refractivity contribution in [3.63, 3.8) is 0 Å². The molecule has 0 N–H and O–H groups in total. The Hall–Kier alpha value is -12.0. The molecule has 19 aromatic rings. The summed E-state index contributed by atoms with van der Waals surface area (Å²) in [6, 6.07) is 110. The lowest BCUT2D eigenvalue weighted by atomic mass is 10.1. The van der Waals surface area contributed by atoms with E-state index >= 15 is 0 Å². The lowest BCUT2D eigenvalue weighted by Crippen LogP contribution is -2.10. The molecule has 0 radical (unpaired) electrons. The number of aromatic nitrogens is 8. The first-order chi connectivity index (χ1) is 43.7. The number of hydrogen-bond donors (Lipinski definition) is 0. The molecule has 88 heavy (non-hydrogen) atoms. The van der Waals surface area contributed by atoms with E-state index < -0.39 is 0 Å². The largest absolute Gasteiger partial charge is 0.307 e. The number of rotatable bonds is 8. The van der Waals surface area contributed by atoms with Gasteiger partial charge in [0.25, 0.3) is 0 Å². The van der Waals surface area contributed by atoms with E-state index in [1.54, 1.807) is 0 Å². The summed E-state index contributed by atoms with van der Waals surface area (Å²) in [7, 11) is 0. The predicted molar refractivity (Wildman–Crippen MR) is 364 cm³/mol. The van der Waals surface area contributed by atoms with Crippen LogP contribution in [0.5, 0.6) is 0 Å². The molecular formula is C80H50N8. The molecular weight excluding hydrogens is 1070 g/mol. The molecule has 6 aromatic heterocycles. The van der Waals surface area contributed by atoms with Gasteiger partial charge in [-0.05, 0) is 103 Å². The molecule has 0 atom stereocenters. The van der Waals surface area contributed by atoms with Gasteiger partial charge in [-0.1, -0.05) is 200 Å². The molecule has 8 heteroatoms. The molecule has 0 fully saturated rings. The summed E-state index contributed by atoms with van der Waals surface area (Å²) in [5, 5.41) is 9.55. The van der Waals surface area contributed by atoms with E-state index in [9.17, 15) is 0 Å². The summed E-state index contributed by atoms with van der Waals surface area (Å²) in [6.45, 7) is 0. The SMILES string of the molecule is c1cc(-c2nc3ccccc3n2-c2c(-n3c4ccccc4c4ccccc43)cccc2-n2c3ccccc3c3ccccc32)cc(-c2nc3ccccc3n2-c2c(-n3c4ccccc4c4ccccc43)cccc2-n2c3ccccc3c3ccccc32)c1. The lowest BCUT2D eigenvalue weighted by molar-refractivity contribution is 1.02. The molecule has 0 bridgehead atoms. The van der Waals surface area contributed by atoms with Crippen LogP contribution in [0.2, 0.25) is 0 Å². The molecule has 0 aliphatic heterocycles. The summed E-state index contributed by atoms with van der Waals surface area (Å²) >= 11 is 0. The molecule has 410 valence electrons. The van der Waals surface area contributed by atoms with E-state index in [0.29, 0.717) is 0 Å². The Morgan fingerprint density at radius 1 is 0.182 bits per heavy atom.